The van der Waals surface area contributed by atoms with Crippen LogP contribution in [-0.4, -0.2) is 17.3 Å². The van der Waals surface area contributed by atoms with E-state index in [0.717, 1.165) is 0 Å². The van der Waals surface area contributed by atoms with Crippen molar-refractivity contribution in [2.75, 3.05) is 6.54 Å². The van der Waals surface area contributed by atoms with Gasteiger partial charge >= 0.3 is 0 Å². The van der Waals surface area contributed by atoms with Gasteiger partial charge in [-0.05, 0) is 24.6 Å². The van der Waals surface area contributed by atoms with Crippen molar-refractivity contribution in [1.82, 2.24) is 4.98 Å². The Morgan fingerprint density at radius 3 is 3.00 bits per heavy atom. The second-order valence-corrected chi connectivity index (χ2v) is 3.21. The number of ketones is 1. The van der Waals surface area contributed by atoms with Crippen molar-refractivity contribution >= 4 is 5.78 Å². The van der Waals surface area contributed by atoms with Crippen LogP contribution < -0.4 is 5.73 Å². The summed E-state index contributed by atoms with van der Waals surface area (Å²) < 4.78 is 0. The first-order chi connectivity index (χ1) is 6.24. The van der Waals surface area contributed by atoms with Crippen LogP contribution in [0.5, 0.6) is 0 Å². The van der Waals surface area contributed by atoms with Gasteiger partial charge in [-0.25, -0.2) is 0 Å². The Bertz CT molecular complexity index is 272. The Labute approximate surface area is 78.0 Å². The van der Waals surface area contributed by atoms with Crippen LogP contribution in [-0.2, 0) is 0 Å². The molecular weight excluding hydrogens is 164 g/mol. The number of hydrogen-bond donors (Lipinski definition) is 1. The molecule has 0 aliphatic rings. The van der Waals surface area contributed by atoms with Crippen molar-refractivity contribution < 1.29 is 4.79 Å². The Balaban J connectivity index is 2.59. The van der Waals surface area contributed by atoms with Crippen LogP contribution in [0.1, 0.15) is 23.7 Å². The third-order valence-electron chi connectivity index (χ3n) is 1.92. The van der Waals surface area contributed by atoms with E-state index in [-0.39, 0.29) is 11.7 Å². The average molecular weight is 178 g/mol. The Kier molecular flexibility index (Phi) is 3.58. The second kappa shape index (κ2) is 4.72. The van der Waals surface area contributed by atoms with Gasteiger partial charge in [0.05, 0.1) is 0 Å². The fourth-order valence-corrected chi connectivity index (χ4v) is 1.05. The maximum absolute atomic E-state index is 11.5. The van der Waals surface area contributed by atoms with Crippen LogP contribution in [0.3, 0.4) is 0 Å². The van der Waals surface area contributed by atoms with E-state index < -0.39 is 0 Å². The minimum absolute atomic E-state index is 0.117. The molecule has 1 heterocycles. The van der Waals surface area contributed by atoms with Crippen LogP contribution in [0, 0.1) is 5.92 Å². The summed E-state index contributed by atoms with van der Waals surface area (Å²) in [5.74, 6) is 0.360. The number of Topliss-reactive ketones (excluding diaryl/α,β-unsaturated/α-hetero) is 1. The predicted molar refractivity (Wildman–Crippen MR) is 51.4 cm³/mol. The SMILES string of the molecule is CC(CN)CC(=O)c1cccnc1. The second-order valence-electron chi connectivity index (χ2n) is 3.21. The van der Waals surface area contributed by atoms with E-state index in [1.165, 1.54) is 0 Å². The molecule has 0 aromatic carbocycles. The van der Waals surface area contributed by atoms with Crippen LogP contribution in [0.4, 0.5) is 0 Å². The van der Waals surface area contributed by atoms with E-state index in [9.17, 15) is 4.79 Å². The molecule has 0 saturated carbocycles. The average Bonchev–Trinajstić information content (AvgIpc) is 2.19. The largest absolute Gasteiger partial charge is 0.330 e. The standard InChI is InChI=1S/C10H14N2O/c1-8(6-11)5-10(13)9-3-2-4-12-7-9/h2-4,7-8H,5-6,11H2,1H3. The Morgan fingerprint density at radius 1 is 1.69 bits per heavy atom. The summed E-state index contributed by atoms with van der Waals surface area (Å²) >= 11 is 0. The monoisotopic (exact) mass is 178 g/mol. The molecule has 1 aromatic rings. The van der Waals surface area contributed by atoms with Crippen molar-refractivity contribution in [2.24, 2.45) is 11.7 Å². The third-order valence-corrected chi connectivity index (χ3v) is 1.92. The molecule has 0 amide bonds. The Morgan fingerprint density at radius 2 is 2.46 bits per heavy atom. The van der Waals surface area contributed by atoms with Crippen LogP contribution in [0.15, 0.2) is 24.5 Å². The topological polar surface area (TPSA) is 56.0 Å². The number of rotatable bonds is 4. The molecule has 3 heteroatoms. The number of aromatic nitrogens is 1. The normalized spacial score (nSPS) is 12.5. The minimum atomic E-state index is 0.117. The Hall–Kier alpha value is -1.22. The van der Waals surface area contributed by atoms with Crippen LogP contribution in [0.25, 0.3) is 0 Å². The van der Waals surface area contributed by atoms with Gasteiger partial charge in [-0.2, -0.15) is 0 Å². The first-order valence-electron chi connectivity index (χ1n) is 4.37. The molecule has 0 spiro atoms. The maximum atomic E-state index is 11.5. The van der Waals surface area contributed by atoms with E-state index in [4.69, 9.17) is 5.73 Å². The molecule has 3 nitrogen and oxygen atoms in total. The first-order valence-corrected chi connectivity index (χ1v) is 4.37. The molecule has 1 unspecified atom stereocenters. The maximum Gasteiger partial charge on any atom is 0.164 e. The molecule has 2 N–H and O–H groups in total. The zero-order valence-electron chi connectivity index (χ0n) is 7.73. The summed E-state index contributed by atoms with van der Waals surface area (Å²) in [6.07, 6.45) is 3.75. The van der Waals surface area contributed by atoms with Gasteiger partial charge in [-0.1, -0.05) is 6.92 Å². The molecule has 70 valence electrons. The van der Waals surface area contributed by atoms with Crippen molar-refractivity contribution in [3.63, 3.8) is 0 Å². The van der Waals surface area contributed by atoms with Gasteiger partial charge in [-0.3, -0.25) is 9.78 Å². The lowest BCUT2D eigenvalue weighted by Crippen LogP contribution is -2.15. The molecule has 0 saturated heterocycles. The molecule has 1 atom stereocenters. The molecule has 1 rings (SSSR count). The van der Waals surface area contributed by atoms with Crippen molar-refractivity contribution in [2.45, 2.75) is 13.3 Å². The smallest absolute Gasteiger partial charge is 0.164 e. The summed E-state index contributed by atoms with van der Waals surface area (Å²) in [5, 5.41) is 0. The highest BCUT2D eigenvalue weighted by molar-refractivity contribution is 5.95. The fraction of sp³-hybridized carbons (Fsp3) is 0.400. The lowest BCUT2D eigenvalue weighted by atomic mass is 10.0. The minimum Gasteiger partial charge on any atom is -0.330 e. The molecule has 0 aliphatic carbocycles. The summed E-state index contributed by atoms with van der Waals surface area (Å²) in [7, 11) is 0. The number of nitrogens with zero attached hydrogens (tertiary/aromatic N) is 1. The summed E-state index contributed by atoms with van der Waals surface area (Å²) in [5.41, 5.74) is 6.10. The zero-order chi connectivity index (χ0) is 9.68. The molecular formula is C10H14N2O. The summed E-state index contributed by atoms with van der Waals surface area (Å²) in [6, 6.07) is 3.54. The number of pyridine rings is 1. The molecule has 1 aromatic heterocycles. The van der Waals surface area contributed by atoms with Gasteiger partial charge in [0, 0.05) is 24.4 Å². The van der Waals surface area contributed by atoms with E-state index >= 15 is 0 Å². The van der Waals surface area contributed by atoms with Gasteiger partial charge in [0.2, 0.25) is 0 Å². The number of hydrogen-bond acceptors (Lipinski definition) is 3. The quantitative estimate of drug-likeness (QED) is 0.706. The van der Waals surface area contributed by atoms with E-state index in [1.807, 2.05) is 6.92 Å². The van der Waals surface area contributed by atoms with Gasteiger partial charge in [0.15, 0.2) is 5.78 Å². The lowest BCUT2D eigenvalue weighted by molar-refractivity contribution is 0.0965. The molecule has 0 fully saturated rings. The highest BCUT2D eigenvalue weighted by Gasteiger charge is 2.09. The third kappa shape index (κ3) is 2.95. The van der Waals surface area contributed by atoms with Gasteiger partial charge < -0.3 is 5.73 Å². The van der Waals surface area contributed by atoms with Gasteiger partial charge in [0.25, 0.3) is 0 Å². The van der Waals surface area contributed by atoms with E-state index in [1.54, 1.807) is 24.5 Å². The number of carbonyl (C=O) groups excluding carboxylic acids is 1. The highest BCUT2D eigenvalue weighted by Crippen LogP contribution is 2.07. The number of nitrogens with two attached hydrogens (primary N) is 1. The molecule has 0 radical (unpaired) electrons. The van der Waals surface area contributed by atoms with E-state index in [2.05, 4.69) is 4.98 Å². The number of carbonyl (C=O) groups is 1. The van der Waals surface area contributed by atoms with Crippen molar-refractivity contribution in [3.8, 4) is 0 Å². The van der Waals surface area contributed by atoms with Crippen LogP contribution >= 0.6 is 0 Å². The molecule has 0 bridgehead atoms. The summed E-state index contributed by atoms with van der Waals surface area (Å²) in [4.78, 5) is 15.4. The van der Waals surface area contributed by atoms with Crippen molar-refractivity contribution in [1.29, 1.82) is 0 Å². The predicted octanol–water partition coefficient (Wildman–Crippen LogP) is 1.25. The highest BCUT2D eigenvalue weighted by atomic mass is 16.1. The van der Waals surface area contributed by atoms with Crippen molar-refractivity contribution in [3.05, 3.63) is 30.1 Å². The zero-order valence-corrected chi connectivity index (χ0v) is 7.73. The van der Waals surface area contributed by atoms with Gasteiger partial charge in [-0.15, -0.1) is 0 Å². The first kappa shape index (κ1) is 9.86. The van der Waals surface area contributed by atoms with E-state index in [0.29, 0.717) is 18.5 Å². The molecule has 13 heavy (non-hydrogen) atoms. The lowest BCUT2D eigenvalue weighted by Gasteiger charge is -2.06. The van der Waals surface area contributed by atoms with Gasteiger partial charge in [0.1, 0.15) is 0 Å². The molecule has 0 aliphatic heterocycles. The summed E-state index contributed by atoms with van der Waals surface area (Å²) in [6.45, 7) is 2.51. The fourth-order valence-electron chi connectivity index (χ4n) is 1.05. The van der Waals surface area contributed by atoms with Crippen LogP contribution in [0.2, 0.25) is 0 Å².